The second-order valence-corrected chi connectivity index (χ2v) is 2.77. The number of carbonyl (C=O) groups excluding carboxylic acids is 2. The molecule has 0 fully saturated rings. The molecule has 0 radical (unpaired) electrons. The fourth-order valence-corrected chi connectivity index (χ4v) is 1.18. The van der Waals surface area contributed by atoms with Gasteiger partial charge in [-0.3, -0.25) is 0 Å². The quantitative estimate of drug-likeness (QED) is 0.497. The highest BCUT2D eigenvalue weighted by atomic mass is 19.1. The van der Waals surface area contributed by atoms with Gasteiger partial charge in [-0.2, -0.15) is 0 Å². The number of carbonyl (C=O) groups is 2. The van der Waals surface area contributed by atoms with Crippen LogP contribution in [-0.2, 0) is 14.3 Å². The fourth-order valence-electron chi connectivity index (χ4n) is 1.18. The van der Waals surface area contributed by atoms with E-state index in [1.54, 1.807) is 0 Å². The molecule has 2 rings (SSSR count). The molecular weight excluding hydrogens is 187 g/mol. The summed E-state index contributed by atoms with van der Waals surface area (Å²) >= 11 is 0. The van der Waals surface area contributed by atoms with E-state index in [1.807, 2.05) is 0 Å². The Labute approximate surface area is 78.8 Å². The summed E-state index contributed by atoms with van der Waals surface area (Å²) in [7, 11) is 0. The zero-order valence-corrected chi connectivity index (χ0v) is 6.99. The predicted octanol–water partition coefficient (Wildman–Crippen LogP) is 1.29. The van der Waals surface area contributed by atoms with E-state index in [2.05, 4.69) is 4.74 Å². The maximum Gasteiger partial charge on any atom is 0.346 e. The minimum Gasteiger partial charge on any atom is -0.386 e. The van der Waals surface area contributed by atoms with Gasteiger partial charge in [0.1, 0.15) is 5.82 Å². The summed E-state index contributed by atoms with van der Waals surface area (Å²) in [5.41, 5.74) is 0.636. The third kappa shape index (κ3) is 1.42. The SMILES string of the molecule is O=C1C=C(c2ccc(F)cc2)C(=O)O1. The van der Waals surface area contributed by atoms with E-state index in [4.69, 9.17) is 0 Å². The molecule has 0 atom stereocenters. The molecule has 0 unspecified atom stereocenters. The van der Waals surface area contributed by atoms with Crippen molar-refractivity contribution in [3.8, 4) is 0 Å². The average Bonchev–Trinajstić information content (AvgIpc) is 2.47. The molecule has 0 saturated carbocycles. The van der Waals surface area contributed by atoms with Crippen LogP contribution >= 0.6 is 0 Å². The summed E-state index contributed by atoms with van der Waals surface area (Å²) in [4.78, 5) is 21.8. The molecule has 1 aliphatic rings. The fraction of sp³-hybridized carbons (Fsp3) is 0. The van der Waals surface area contributed by atoms with E-state index in [0.717, 1.165) is 6.08 Å². The van der Waals surface area contributed by atoms with E-state index in [1.165, 1.54) is 24.3 Å². The van der Waals surface area contributed by atoms with Gasteiger partial charge in [0.2, 0.25) is 0 Å². The first-order valence-electron chi connectivity index (χ1n) is 3.90. The van der Waals surface area contributed by atoms with Gasteiger partial charge in [-0.05, 0) is 17.7 Å². The van der Waals surface area contributed by atoms with Gasteiger partial charge in [0, 0.05) is 6.08 Å². The van der Waals surface area contributed by atoms with Crippen LogP contribution in [0.25, 0.3) is 5.57 Å². The molecule has 1 aliphatic heterocycles. The maximum atomic E-state index is 12.5. The number of benzene rings is 1. The van der Waals surface area contributed by atoms with Crippen molar-refractivity contribution in [3.63, 3.8) is 0 Å². The zero-order chi connectivity index (χ0) is 10.1. The molecule has 0 bridgehead atoms. The number of cyclic esters (lactones) is 2. The average molecular weight is 192 g/mol. The van der Waals surface area contributed by atoms with Crippen molar-refractivity contribution in [1.82, 2.24) is 0 Å². The smallest absolute Gasteiger partial charge is 0.346 e. The van der Waals surface area contributed by atoms with E-state index >= 15 is 0 Å². The molecule has 0 saturated heterocycles. The number of halogens is 1. The Morgan fingerprint density at radius 2 is 1.71 bits per heavy atom. The molecule has 70 valence electrons. The number of hydrogen-bond donors (Lipinski definition) is 0. The lowest BCUT2D eigenvalue weighted by atomic mass is 10.1. The van der Waals surface area contributed by atoms with Crippen LogP contribution in [0.2, 0.25) is 0 Å². The van der Waals surface area contributed by atoms with Gasteiger partial charge in [0.05, 0.1) is 5.57 Å². The van der Waals surface area contributed by atoms with Crippen molar-refractivity contribution in [1.29, 1.82) is 0 Å². The second kappa shape index (κ2) is 3.06. The summed E-state index contributed by atoms with van der Waals surface area (Å²) in [6.07, 6.45) is 1.09. The van der Waals surface area contributed by atoms with Crippen LogP contribution in [0.3, 0.4) is 0 Å². The molecule has 0 aliphatic carbocycles. The monoisotopic (exact) mass is 192 g/mol. The normalized spacial score (nSPS) is 15.4. The third-order valence-electron chi connectivity index (χ3n) is 1.83. The topological polar surface area (TPSA) is 43.4 Å². The van der Waals surface area contributed by atoms with Crippen molar-refractivity contribution in [2.45, 2.75) is 0 Å². The highest BCUT2D eigenvalue weighted by Gasteiger charge is 2.24. The molecule has 1 aromatic rings. The summed E-state index contributed by atoms with van der Waals surface area (Å²) < 4.78 is 16.8. The van der Waals surface area contributed by atoms with Crippen LogP contribution in [-0.4, -0.2) is 11.9 Å². The van der Waals surface area contributed by atoms with E-state index in [-0.39, 0.29) is 5.57 Å². The minimum absolute atomic E-state index is 0.162. The number of esters is 2. The summed E-state index contributed by atoms with van der Waals surface area (Å²) in [6.45, 7) is 0. The lowest BCUT2D eigenvalue weighted by Crippen LogP contribution is -2.01. The van der Waals surface area contributed by atoms with Crippen molar-refractivity contribution in [2.24, 2.45) is 0 Å². The minimum atomic E-state index is -0.693. The lowest BCUT2D eigenvalue weighted by Gasteiger charge is -1.97. The van der Waals surface area contributed by atoms with E-state index in [0.29, 0.717) is 5.56 Å². The van der Waals surface area contributed by atoms with Crippen LogP contribution < -0.4 is 0 Å². The highest BCUT2D eigenvalue weighted by molar-refractivity contribution is 6.28. The summed E-state index contributed by atoms with van der Waals surface area (Å²) in [5, 5.41) is 0. The lowest BCUT2D eigenvalue weighted by molar-refractivity contribution is -0.149. The molecule has 14 heavy (non-hydrogen) atoms. The largest absolute Gasteiger partial charge is 0.386 e. The molecule has 1 aromatic carbocycles. The first-order valence-corrected chi connectivity index (χ1v) is 3.90. The molecular formula is C10H5FO3. The Kier molecular flexibility index (Phi) is 1.89. The van der Waals surface area contributed by atoms with Gasteiger partial charge < -0.3 is 4.74 Å². The highest BCUT2D eigenvalue weighted by Crippen LogP contribution is 2.20. The van der Waals surface area contributed by atoms with Gasteiger partial charge in [-0.1, -0.05) is 12.1 Å². The molecule has 0 aromatic heterocycles. The number of rotatable bonds is 1. The van der Waals surface area contributed by atoms with Crippen molar-refractivity contribution in [3.05, 3.63) is 41.7 Å². The maximum absolute atomic E-state index is 12.5. The van der Waals surface area contributed by atoms with E-state index < -0.39 is 17.8 Å². The molecule has 0 N–H and O–H groups in total. The molecule has 4 heteroatoms. The second-order valence-electron chi connectivity index (χ2n) is 2.77. The van der Waals surface area contributed by atoms with Crippen LogP contribution in [0.1, 0.15) is 5.56 Å². The molecule has 3 nitrogen and oxygen atoms in total. The van der Waals surface area contributed by atoms with Crippen LogP contribution in [0.4, 0.5) is 4.39 Å². The van der Waals surface area contributed by atoms with Gasteiger partial charge in [0.25, 0.3) is 0 Å². The summed E-state index contributed by atoms with van der Waals surface area (Å²) in [6, 6.07) is 5.26. The van der Waals surface area contributed by atoms with Gasteiger partial charge in [0.15, 0.2) is 0 Å². The number of ether oxygens (including phenoxy) is 1. The van der Waals surface area contributed by atoms with Crippen LogP contribution in [0.15, 0.2) is 30.3 Å². The Morgan fingerprint density at radius 3 is 2.21 bits per heavy atom. The van der Waals surface area contributed by atoms with Crippen molar-refractivity contribution in [2.75, 3.05) is 0 Å². The Balaban J connectivity index is 2.41. The van der Waals surface area contributed by atoms with Crippen molar-refractivity contribution < 1.29 is 18.7 Å². The summed E-state index contributed by atoms with van der Waals surface area (Å²) in [5.74, 6) is -1.78. The zero-order valence-electron chi connectivity index (χ0n) is 6.99. The van der Waals surface area contributed by atoms with Gasteiger partial charge >= 0.3 is 11.9 Å². The molecule has 0 amide bonds. The molecule has 1 heterocycles. The number of hydrogen-bond acceptors (Lipinski definition) is 3. The Hall–Kier alpha value is -1.97. The Bertz CT molecular complexity index is 431. The van der Waals surface area contributed by atoms with Crippen LogP contribution in [0, 0.1) is 5.82 Å². The molecule has 0 spiro atoms. The first-order chi connectivity index (χ1) is 6.66. The third-order valence-corrected chi connectivity index (χ3v) is 1.83. The first kappa shape index (κ1) is 8.62. The van der Waals surface area contributed by atoms with Crippen molar-refractivity contribution >= 4 is 17.5 Å². The predicted molar refractivity (Wildman–Crippen MR) is 45.5 cm³/mol. The standard InChI is InChI=1S/C10H5FO3/c11-7-3-1-6(2-4-7)8-5-9(12)14-10(8)13/h1-5H. The Morgan fingerprint density at radius 1 is 1.07 bits per heavy atom. The van der Waals surface area contributed by atoms with Gasteiger partial charge in [-0.15, -0.1) is 0 Å². The van der Waals surface area contributed by atoms with Gasteiger partial charge in [-0.25, -0.2) is 14.0 Å². The van der Waals surface area contributed by atoms with E-state index in [9.17, 15) is 14.0 Å². The van der Waals surface area contributed by atoms with Crippen LogP contribution in [0.5, 0.6) is 0 Å².